The molecule has 0 unspecified atom stereocenters. The summed E-state index contributed by atoms with van der Waals surface area (Å²) in [7, 11) is -3.36. The molecule has 0 bridgehead atoms. The van der Waals surface area contributed by atoms with Crippen LogP contribution in [0.15, 0.2) is 24.3 Å². The first-order valence-electron chi connectivity index (χ1n) is 8.05. The summed E-state index contributed by atoms with van der Waals surface area (Å²) in [5.41, 5.74) is 2.28. The third-order valence-electron chi connectivity index (χ3n) is 4.18. The first kappa shape index (κ1) is 17.7. The molecule has 0 aromatic heterocycles. The van der Waals surface area contributed by atoms with Gasteiger partial charge < -0.3 is 10.2 Å². The number of urea groups is 1. The van der Waals surface area contributed by atoms with E-state index in [4.69, 9.17) is 0 Å². The first-order valence-corrected chi connectivity index (χ1v) is 9.66. The number of carbonyl (C=O) groups is 1. The van der Waals surface area contributed by atoms with Gasteiger partial charge in [0.25, 0.3) is 0 Å². The largest absolute Gasteiger partial charge is 0.337 e. The molecule has 0 atom stereocenters. The zero-order valence-electron chi connectivity index (χ0n) is 13.8. The predicted octanol–water partition coefficient (Wildman–Crippen LogP) is 1.43. The molecule has 6 nitrogen and oxygen atoms in total. The first-order chi connectivity index (χ1) is 11.0. The predicted molar refractivity (Wildman–Crippen MR) is 90.7 cm³/mol. The molecule has 1 aromatic rings. The van der Waals surface area contributed by atoms with E-state index in [1.165, 1.54) is 9.87 Å². The van der Waals surface area contributed by atoms with E-state index in [0.29, 0.717) is 26.2 Å². The van der Waals surface area contributed by atoms with E-state index < -0.39 is 10.0 Å². The van der Waals surface area contributed by atoms with Crippen LogP contribution in [-0.4, -0.2) is 55.6 Å². The number of nitrogens with one attached hydrogen (secondary N) is 1. The highest BCUT2D eigenvalue weighted by atomic mass is 32.2. The number of amides is 2. The van der Waals surface area contributed by atoms with Gasteiger partial charge in [-0.25, -0.2) is 13.2 Å². The highest BCUT2D eigenvalue weighted by Gasteiger charge is 2.26. The second kappa shape index (κ2) is 7.79. The maximum absolute atomic E-state index is 12.4. The second-order valence-corrected chi connectivity index (χ2v) is 7.66. The van der Waals surface area contributed by atoms with Gasteiger partial charge in [-0.2, -0.15) is 4.31 Å². The van der Waals surface area contributed by atoms with Crippen LogP contribution in [0.1, 0.15) is 25.0 Å². The van der Waals surface area contributed by atoms with Gasteiger partial charge in [-0.3, -0.25) is 0 Å². The lowest BCUT2D eigenvalue weighted by atomic mass is 10.0. The minimum absolute atomic E-state index is 0.0673. The van der Waals surface area contributed by atoms with Crippen LogP contribution in [0, 0.1) is 0 Å². The Kier molecular flexibility index (Phi) is 6.01. The Hall–Kier alpha value is -1.60. The average Bonchev–Trinajstić information content (AvgIpc) is 2.55. The molecule has 0 aliphatic carbocycles. The number of sulfonamides is 1. The lowest BCUT2D eigenvalue weighted by Gasteiger charge is -2.28. The number of rotatable bonds is 6. The third kappa shape index (κ3) is 4.45. The van der Waals surface area contributed by atoms with Crippen molar-refractivity contribution in [1.29, 1.82) is 0 Å². The van der Waals surface area contributed by atoms with Crippen LogP contribution < -0.4 is 5.32 Å². The number of fused-ring (bicyclic) bond motifs is 1. The van der Waals surface area contributed by atoms with E-state index in [-0.39, 0.29) is 18.3 Å². The molecule has 0 saturated heterocycles. The van der Waals surface area contributed by atoms with E-state index in [1.54, 1.807) is 4.90 Å². The van der Waals surface area contributed by atoms with Crippen molar-refractivity contribution < 1.29 is 13.2 Å². The molecule has 0 fully saturated rings. The lowest BCUT2D eigenvalue weighted by molar-refractivity contribution is 0.204. The molecule has 0 saturated carbocycles. The number of nitrogens with zero attached hydrogens (tertiary/aromatic N) is 2. The monoisotopic (exact) mass is 339 g/mol. The van der Waals surface area contributed by atoms with Crippen LogP contribution in [0.2, 0.25) is 0 Å². The molecule has 1 aromatic carbocycles. The fourth-order valence-corrected chi connectivity index (χ4v) is 4.07. The number of hydrogen-bond donors (Lipinski definition) is 1. The summed E-state index contributed by atoms with van der Waals surface area (Å²) in [6.07, 6.45) is 0.737. The van der Waals surface area contributed by atoms with E-state index >= 15 is 0 Å². The van der Waals surface area contributed by atoms with Gasteiger partial charge in [0.1, 0.15) is 0 Å². The van der Waals surface area contributed by atoms with E-state index in [9.17, 15) is 13.2 Å². The normalized spacial score (nSPS) is 15.0. The summed E-state index contributed by atoms with van der Waals surface area (Å²) in [6, 6.07) is 7.71. The van der Waals surface area contributed by atoms with Crippen LogP contribution >= 0.6 is 0 Å². The summed E-state index contributed by atoms with van der Waals surface area (Å²) in [4.78, 5) is 13.5. The fourth-order valence-electron chi connectivity index (χ4n) is 2.75. The van der Waals surface area contributed by atoms with Gasteiger partial charge in [0, 0.05) is 32.7 Å². The third-order valence-corrected chi connectivity index (χ3v) is 5.99. The molecule has 128 valence electrons. The Morgan fingerprint density at radius 2 is 1.87 bits per heavy atom. The Bertz CT molecular complexity index is 642. The van der Waals surface area contributed by atoms with Gasteiger partial charge in [-0.15, -0.1) is 0 Å². The van der Waals surface area contributed by atoms with Crippen molar-refractivity contribution >= 4 is 16.1 Å². The van der Waals surface area contributed by atoms with Crippen LogP contribution in [0.3, 0.4) is 0 Å². The van der Waals surface area contributed by atoms with Crippen molar-refractivity contribution in [3.05, 3.63) is 35.4 Å². The minimum atomic E-state index is -3.36. The van der Waals surface area contributed by atoms with Gasteiger partial charge in [0.15, 0.2) is 0 Å². The van der Waals surface area contributed by atoms with Crippen molar-refractivity contribution in [2.75, 3.05) is 31.9 Å². The highest BCUT2D eigenvalue weighted by Crippen LogP contribution is 2.20. The molecule has 0 spiro atoms. The van der Waals surface area contributed by atoms with Crippen molar-refractivity contribution in [2.24, 2.45) is 0 Å². The van der Waals surface area contributed by atoms with E-state index in [0.717, 1.165) is 12.0 Å². The summed E-state index contributed by atoms with van der Waals surface area (Å²) >= 11 is 0. The molecule has 1 aliphatic rings. The SMILES string of the molecule is CCN(CC)C(=O)NCCS(=O)(=O)N1CCc2ccccc2C1. The Morgan fingerprint density at radius 1 is 1.22 bits per heavy atom. The fraction of sp³-hybridized carbons (Fsp3) is 0.562. The zero-order valence-corrected chi connectivity index (χ0v) is 14.6. The smallest absolute Gasteiger partial charge is 0.317 e. The maximum Gasteiger partial charge on any atom is 0.317 e. The summed E-state index contributed by atoms with van der Waals surface area (Å²) in [5, 5.41) is 2.68. The topological polar surface area (TPSA) is 69.7 Å². The Morgan fingerprint density at radius 3 is 2.52 bits per heavy atom. The number of carbonyl (C=O) groups excluding carboxylic acids is 1. The molecule has 1 aliphatic heterocycles. The van der Waals surface area contributed by atoms with E-state index in [2.05, 4.69) is 5.32 Å². The van der Waals surface area contributed by atoms with Crippen molar-refractivity contribution in [2.45, 2.75) is 26.8 Å². The highest BCUT2D eigenvalue weighted by molar-refractivity contribution is 7.89. The Balaban J connectivity index is 1.89. The van der Waals surface area contributed by atoms with Gasteiger partial charge >= 0.3 is 6.03 Å². The molecule has 2 rings (SSSR count). The second-order valence-electron chi connectivity index (χ2n) is 5.57. The van der Waals surface area contributed by atoms with Gasteiger partial charge in [-0.05, 0) is 31.4 Å². The van der Waals surface area contributed by atoms with Gasteiger partial charge in [0.05, 0.1) is 5.75 Å². The van der Waals surface area contributed by atoms with E-state index in [1.807, 2.05) is 38.1 Å². The Labute approximate surface area is 138 Å². The van der Waals surface area contributed by atoms with Crippen molar-refractivity contribution in [3.8, 4) is 0 Å². The van der Waals surface area contributed by atoms with Crippen LogP contribution in [0.25, 0.3) is 0 Å². The molecule has 23 heavy (non-hydrogen) atoms. The molecular weight excluding hydrogens is 314 g/mol. The minimum Gasteiger partial charge on any atom is -0.337 e. The summed E-state index contributed by atoms with van der Waals surface area (Å²) < 4.78 is 26.4. The average molecular weight is 339 g/mol. The van der Waals surface area contributed by atoms with Crippen molar-refractivity contribution in [1.82, 2.24) is 14.5 Å². The lowest BCUT2D eigenvalue weighted by Crippen LogP contribution is -2.44. The quantitative estimate of drug-likeness (QED) is 0.852. The van der Waals surface area contributed by atoms with Crippen LogP contribution in [-0.2, 0) is 23.0 Å². The zero-order chi connectivity index (χ0) is 16.9. The number of benzene rings is 1. The molecule has 7 heteroatoms. The molecule has 2 amide bonds. The summed E-state index contributed by atoms with van der Waals surface area (Å²) in [6.45, 7) is 6.06. The summed E-state index contributed by atoms with van der Waals surface area (Å²) in [5.74, 6) is -0.0673. The molecular formula is C16H25N3O3S. The molecule has 1 N–H and O–H groups in total. The molecule has 1 heterocycles. The van der Waals surface area contributed by atoms with Crippen LogP contribution in [0.5, 0.6) is 0 Å². The maximum atomic E-state index is 12.4. The molecule has 0 radical (unpaired) electrons. The number of hydrogen-bond acceptors (Lipinski definition) is 3. The van der Waals surface area contributed by atoms with Gasteiger partial charge in [0.2, 0.25) is 10.0 Å². The standard InChI is InChI=1S/C16H25N3O3S/c1-3-18(4-2)16(20)17-10-12-23(21,22)19-11-9-14-7-5-6-8-15(14)13-19/h5-8H,3-4,9-13H2,1-2H3,(H,17,20). The van der Waals surface area contributed by atoms with Crippen molar-refractivity contribution in [3.63, 3.8) is 0 Å². The van der Waals surface area contributed by atoms with Crippen LogP contribution in [0.4, 0.5) is 4.79 Å². The van der Waals surface area contributed by atoms with Gasteiger partial charge in [-0.1, -0.05) is 24.3 Å².